The van der Waals surface area contributed by atoms with E-state index in [1.54, 1.807) is 18.2 Å². The molecular weight excluding hydrogens is 338 g/mol. The number of nitrogens with one attached hydrogen (secondary N) is 1. The van der Waals surface area contributed by atoms with Gasteiger partial charge in [-0.25, -0.2) is 5.10 Å². The molecular formula is C13H9N5O3S2. The number of hydrogen-bond donors (Lipinski definition) is 2. The first-order valence-electron chi connectivity index (χ1n) is 6.30. The van der Waals surface area contributed by atoms with Crippen molar-refractivity contribution in [2.75, 3.05) is 0 Å². The predicted molar refractivity (Wildman–Crippen MR) is 88.5 cm³/mol. The first kappa shape index (κ1) is 15.1. The van der Waals surface area contributed by atoms with Gasteiger partial charge in [0.15, 0.2) is 5.82 Å². The van der Waals surface area contributed by atoms with Gasteiger partial charge in [0.25, 0.3) is 0 Å². The average Bonchev–Trinajstić information content (AvgIpc) is 3.13. The van der Waals surface area contributed by atoms with Gasteiger partial charge < -0.3 is 5.11 Å². The number of aromatic amines is 1. The van der Waals surface area contributed by atoms with Gasteiger partial charge >= 0.3 is 5.00 Å². The molecule has 0 aliphatic rings. The molecule has 10 heteroatoms. The van der Waals surface area contributed by atoms with E-state index in [2.05, 4.69) is 15.3 Å². The molecule has 1 aromatic carbocycles. The number of nitro groups is 1. The van der Waals surface area contributed by atoms with E-state index < -0.39 is 4.92 Å². The molecule has 0 bridgehead atoms. The summed E-state index contributed by atoms with van der Waals surface area (Å²) in [5, 5.41) is 31.0. The van der Waals surface area contributed by atoms with Gasteiger partial charge in [0, 0.05) is 11.6 Å². The fraction of sp³-hybridized carbons (Fsp3) is 0. The number of phenols is 1. The second-order valence-electron chi connectivity index (χ2n) is 4.39. The molecule has 0 amide bonds. The topological polar surface area (TPSA) is 109 Å². The Morgan fingerprint density at radius 3 is 2.74 bits per heavy atom. The molecule has 0 saturated heterocycles. The SMILES string of the molecule is O=[N+]([O-])c1ccc(/C=N\n2c(-c3ccc(O)cc3)n[nH]c2=S)s1. The van der Waals surface area contributed by atoms with E-state index in [4.69, 9.17) is 12.2 Å². The van der Waals surface area contributed by atoms with Crippen LogP contribution in [0.5, 0.6) is 5.75 Å². The van der Waals surface area contributed by atoms with Crippen molar-refractivity contribution in [2.45, 2.75) is 0 Å². The lowest BCUT2D eigenvalue weighted by Crippen LogP contribution is -1.94. The van der Waals surface area contributed by atoms with Crippen molar-refractivity contribution in [3.8, 4) is 17.1 Å². The van der Waals surface area contributed by atoms with E-state index in [9.17, 15) is 15.2 Å². The number of aromatic hydroxyl groups is 1. The molecule has 0 atom stereocenters. The molecule has 2 N–H and O–H groups in total. The fourth-order valence-electron chi connectivity index (χ4n) is 1.82. The smallest absolute Gasteiger partial charge is 0.324 e. The summed E-state index contributed by atoms with van der Waals surface area (Å²) >= 11 is 6.15. The third kappa shape index (κ3) is 3.17. The lowest BCUT2D eigenvalue weighted by Gasteiger charge is -2.00. The molecule has 0 unspecified atom stereocenters. The standard InChI is InChI=1S/C13H9N5O3S2/c19-9-3-1-8(2-4-9)12-15-16-13(22)17(12)14-7-10-5-6-11(23-10)18(20)21/h1-7,19H,(H,16,22)/b14-7-. The normalized spacial score (nSPS) is 11.1. The Hall–Kier alpha value is -2.85. The van der Waals surface area contributed by atoms with Gasteiger partial charge in [-0.05, 0) is 42.5 Å². The molecule has 116 valence electrons. The molecule has 23 heavy (non-hydrogen) atoms. The second-order valence-corrected chi connectivity index (χ2v) is 5.87. The zero-order chi connectivity index (χ0) is 16.4. The number of phenolic OH excluding ortho intramolecular Hbond substituents is 1. The third-order valence-electron chi connectivity index (χ3n) is 2.87. The maximum Gasteiger partial charge on any atom is 0.324 e. The lowest BCUT2D eigenvalue weighted by molar-refractivity contribution is -0.380. The molecule has 2 heterocycles. The third-order valence-corrected chi connectivity index (χ3v) is 4.10. The molecule has 2 aromatic heterocycles. The highest BCUT2D eigenvalue weighted by Crippen LogP contribution is 2.23. The highest BCUT2D eigenvalue weighted by molar-refractivity contribution is 7.71. The minimum Gasteiger partial charge on any atom is -0.508 e. The van der Waals surface area contributed by atoms with Crippen LogP contribution >= 0.6 is 23.6 Å². The number of aromatic nitrogens is 3. The van der Waals surface area contributed by atoms with Gasteiger partial charge in [0.05, 0.1) is 16.0 Å². The molecule has 0 spiro atoms. The van der Waals surface area contributed by atoms with Crippen molar-refractivity contribution in [3.63, 3.8) is 0 Å². The van der Waals surface area contributed by atoms with Crippen LogP contribution in [0.25, 0.3) is 11.4 Å². The van der Waals surface area contributed by atoms with Crippen LogP contribution in [-0.2, 0) is 0 Å². The Labute approximate surface area is 138 Å². The van der Waals surface area contributed by atoms with E-state index in [1.807, 2.05) is 0 Å². The molecule has 0 fully saturated rings. The molecule has 3 rings (SSSR count). The summed E-state index contributed by atoms with van der Waals surface area (Å²) in [6.45, 7) is 0. The van der Waals surface area contributed by atoms with Crippen LogP contribution < -0.4 is 0 Å². The largest absolute Gasteiger partial charge is 0.508 e. The van der Waals surface area contributed by atoms with E-state index in [-0.39, 0.29) is 15.5 Å². The van der Waals surface area contributed by atoms with Crippen LogP contribution in [-0.4, -0.2) is 31.1 Å². The summed E-state index contributed by atoms with van der Waals surface area (Å²) in [5.74, 6) is 0.612. The Balaban J connectivity index is 1.95. The molecule has 8 nitrogen and oxygen atoms in total. The van der Waals surface area contributed by atoms with E-state index in [0.29, 0.717) is 16.3 Å². The van der Waals surface area contributed by atoms with Gasteiger partial charge in [-0.3, -0.25) is 10.1 Å². The molecule has 3 aromatic rings. The number of nitrogens with zero attached hydrogens (tertiary/aromatic N) is 4. The minimum absolute atomic E-state index is 0.0426. The maximum atomic E-state index is 10.7. The zero-order valence-corrected chi connectivity index (χ0v) is 13.0. The first-order chi connectivity index (χ1) is 11.0. The van der Waals surface area contributed by atoms with Crippen molar-refractivity contribution >= 4 is 34.8 Å². The van der Waals surface area contributed by atoms with Crippen LogP contribution in [0.4, 0.5) is 5.00 Å². The highest BCUT2D eigenvalue weighted by atomic mass is 32.1. The molecule has 0 aliphatic carbocycles. The number of H-pyrrole nitrogens is 1. The van der Waals surface area contributed by atoms with Gasteiger partial charge in [0.1, 0.15) is 5.75 Å². The van der Waals surface area contributed by atoms with Gasteiger partial charge in [-0.1, -0.05) is 11.3 Å². The van der Waals surface area contributed by atoms with Gasteiger partial charge in [-0.15, -0.1) is 0 Å². The zero-order valence-electron chi connectivity index (χ0n) is 11.4. The summed E-state index contributed by atoms with van der Waals surface area (Å²) in [5.41, 5.74) is 0.712. The van der Waals surface area contributed by atoms with E-state index >= 15 is 0 Å². The Morgan fingerprint density at radius 2 is 2.09 bits per heavy atom. The van der Waals surface area contributed by atoms with Crippen molar-refractivity contribution < 1.29 is 10.0 Å². The highest BCUT2D eigenvalue weighted by Gasteiger charge is 2.10. The van der Waals surface area contributed by atoms with E-state index in [0.717, 1.165) is 11.3 Å². The average molecular weight is 347 g/mol. The van der Waals surface area contributed by atoms with Crippen molar-refractivity contribution in [2.24, 2.45) is 5.10 Å². The fourth-order valence-corrected chi connectivity index (χ4v) is 2.69. The summed E-state index contributed by atoms with van der Waals surface area (Å²) in [7, 11) is 0. The van der Waals surface area contributed by atoms with Crippen molar-refractivity contribution in [1.82, 2.24) is 14.9 Å². The van der Waals surface area contributed by atoms with Gasteiger partial charge in [-0.2, -0.15) is 14.9 Å². The Morgan fingerprint density at radius 1 is 1.35 bits per heavy atom. The maximum absolute atomic E-state index is 10.7. The number of hydrogen-bond acceptors (Lipinski definition) is 7. The van der Waals surface area contributed by atoms with E-state index in [1.165, 1.54) is 29.1 Å². The summed E-state index contributed by atoms with van der Waals surface area (Å²) < 4.78 is 1.70. The van der Waals surface area contributed by atoms with Crippen LogP contribution in [0, 0.1) is 14.9 Å². The predicted octanol–water partition coefficient (Wildman–Crippen LogP) is 3.17. The summed E-state index contributed by atoms with van der Waals surface area (Å²) in [6.07, 6.45) is 1.48. The lowest BCUT2D eigenvalue weighted by atomic mass is 10.2. The van der Waals surface area contributed by atoms with Crippen molar-refractivity contribution in [3.05, 3.63) is 56.2 Å². The summed E-state index contributed by atoms with van der Waals surface area (Å²) in [4.78, 5) is 10.9. The van der Waals surface area contributed by atoms with Crippen LogP contribution in [0.1, 0.15) is 4.88 Å². The van der Waals surface area contributed by atoms with Crippen molar-refractivity contribution in [1.29, 1.82) is 0 Å². The molecule has 0 saturated carbocycles. The first-order valence-corrected chi connectivity index (χ1v) is 7.52. The van der Waals surface area contributed by atoms with Gasteiger partial charge in [0.2, 0.25) is 4.77 Å². The number of rotatable bonds is 4. The Bertz CT molecular complexity index is 939. The second kappa shape index (κ2) is 6.10. The number of benzene rings is 1. The molecule has 0 aliphatic heterocycles. The Kier molecular flexibility index (Phi) is 4.00. The minimum atomic E-state index is -0.451. The molecule has 0 radical (unpaired) electrons. The summed E-state index contributed by atoms with van der Waals surface area (Å²) in [6, 6.07) is 9.45. The number of thiophene rings is 1. The van der Waals surface area contributed by atoms with Crippen LogP contribution in [0.2, 0.25) is 0 Å². The monoisotopic (exact) mass is 347 g/mol. The van der Waals surface area contributed by atoms with Crippen LogP contribution in [0.3, 0.4) is 0 Å². The quantitative estimate of drug-likeness (QED) is 0.326. The van der Waals surface area contributed by atoms with Crippen LogP contribution in [0.15, 0.2) is 41.5 Å².